The molecule has 0 aliphatic rings. The summed E-state index contributed by atoms with van der Waals surface area (Å²) in [4.78, 5) is 2.51. The molecular weight excluding hydrogens is 344 g/mol. The molecule has 0 bridgehead atoms. The molecule has 4 aromatic carbocycles. The minimum absolute atomic E-state index is 1.20. The molecule has 0 fully saturated rings. The van der Waals surface area contributed by atoms with Gasteiger partial charge in [0, 0.05) is 9.79 Å². The summed E-state index contributed by atoms with van der Waals surface area (Å²) in [6.45, 7) is 0. The number of hydrogen-bond acceptors (Lipinski definition) is 1. The van der Waals surface area contributed by atoms with Crippen LogP contribution >= 0.6 is 11.8 Å². The van der Waals surface area contributed by atoms with Gasteiger partial charge in [0.05, 0.1) is 0 Å². The van der Waals surface area contributed by atoms with E-state index in [1.165, 1.54) is 32.1 Å². The largest absolute Gasteiger partial charge is 0.0895 e. The Morgan fingerprint density at radius 1 is 0.556 bits per heavy atom. The van der Waals surface area contributed by atoms with Crippen LogP contribution in [-0.2, 0) is 0 Å². The fraction of sp³-hybridized carbons (Fsp3) is 0. The van der Waals surface area contributed by atoms with Crippen LogP contribution in [0.1, 0.15) is 16.7 Å². The molecular formula is C26H20S. The van der Waals surface area contributed by atoms with Gasteiger partial charge in [-0.3, -0.25) is 0 Å². The summed E-state index contributed by atoms with van der Waals surface area (Å²) < 4.78 is 0. The zero-order chi connectivity index (χ0) is 18.3. The van der Waals surface area contributed by atoms with Gasteiger partial charge in [0.15, 0.2) is 0 Å². The Balaban J connectivity index is 1.83. The second-order valence-corrected chi connectivity index (χ2v) is 7.36. The molecule has 0 radical (unpaired) electrons. The molecule has 0 saturated heterocycles. The molecule has 4 rings (SSSR count). The third-order valence-electron chi connectivity index (χ3n) is 4.34. The lowest BCUT2D eigenvalue weighted by molar-refractivity contribution is 1.36. The highest BCUT2D eigenvalue weighted by molar-refractivity contribution is 7.99. The standard InChI is InChI=1S/C26H20S/c1-4-12-21(13-5-1)20-25(22-14-6-2-7-15-22)24-18-10-11-19-26(24)27-23-16-8-3-9-17-23/h1-20H/b25-20+. The summed E-state index contributed by atoms with van der Waals surface area (Å²) in [5.74, 6) is 0. The molecule has 0 unspecified atom stereocenters. The molecule has 27 heavy (non-hydrogen) atoms. The first-order valence-corrected chi connectivity index (χ1v) is 9.86. The van der Waals surface area contributed by atoms with Gasteiger partial charge >= 0.3 is 0 Å². The number of hydrogen-bond donors (Lipinski definition) is 0. The Kier molecular flexibility index (Phi) is 5.52. The van der Waals surface area contributed by atoms with Crippen molar-refractivity contribution in [1.29, 1.82) is 0 Å². The average Bonchev–Trinajstić information content (AvgIpc) is 2.75. The smallest absolute Gasteiger partial charge is 0.0201 e. The lowest BCUT2D eigenvalue weighted by Crippen LogP contribution is -1.91. The fourth-order valence-corrected chi connectivity index (χ4v) is 4.03. The lowest BCUT2D eigenvalue weighted by Gasteiger charge is -2.14. The molecule has 0 aromatic heterocycles. The van der Waals surface area contributed by atoms with Crippen molar-refractivity contribution in [3.63, 3.8) is 0 Å². The highest BCUT2D eigenvalue weighted by Gasteiger charge is 2.11. The summed E-state index contributed by atoms with van der Waals surface area (Å²) in [5, 5.41) is 0. The van der Waals surface area contributed by atoms with E-state index in [4.69, 9.17) is 0 Å². The average molecular weight is 365 g/mol. The summed E-state index contributed by atoms with van der Waals surface area (Å²) in [6, 6.07) is 40.3. The van der Waals surface area contributed by atoms with E-state index >= 15 is 0 Å². The van der Waals surface area contributed by atoms with E-state index in [1.807, 2.05) is 0 Å². The lowest BCUT2D eigenvalue weighted by atomic mass is 9.95. The van der Waals surface area contributed by atoms with Gasteiger partial charge in [-0.2, -0.15) is 0 Å². The SMILES string of the molecule is C(=C(/c1ccccc1)c1ccccc1Sc1ccccc1)/c1ccccc1. The Hall–Kier alpha value is -3.03. The van der Waals surface area contributed by atoms with Gasteiger partial charge in [0.25, 0.3) is 0 Å². The Labute approximate surface area is 165 Å². The molecule has 4 aromatic rings. The van der Waals surface area contributed by atoms with Crippen LogP contribution in [0.2, 0.25) is 0 Å². The first-order chi connectivity index (χ1) is 13.4. The van der Waals surface area contributed by atoms with Gasteiger partial charge in [-0.05, 0) is 46.5 Å². The summed E-state index contributed by atoms with van der Waals surface area (Å²) in [7, 11) is 0. The molecule has 1 heteroatoms. The van der Waals surface area contributed by atoms with Crippen LogP contribution in [0.5, 0.6) is 0 Å². The molecule has 0 saturated carbocycles. The Morgan fingerprint density at radius 2 is 1.11 bits per heavy atom. The van der Waals surface area contributed by atoms with Gasteiger partial charge in [0.1, 0.15) is 0 Å². The van der Waals surface area contributed by atoms with Crippen LogP contribution in [0.15, 0.2) is 125 Å². The molecule has 0 amide bonds. The highest BCUT2D eigenvalue weighted by atomic mass is 32.2. The van der Waals surface area contributed by atoms with Crippen molar-refractivity contribution >= 4 is 23.4 Å². The first kappa shape index (κ1) is 17.4. The second kappa shape index (κ2) is 8.57. The quantitative estimate of drug-likeness (QED) is 0.332. The summed E-state index contributed by atoms with van der Waals surface area (Å²) >= 11 is 1.81. The topological polar surface area (TPSA) is 0 Å². The second-order valence-electron chi connectivity index (χ2n) is 6.25. The molecule has 0 aliphatic carbocycles. The van der Waals surface area contributed by atoms with E-state index in [9.17, 15) is 0 Å². The monoisotopic (exact) mass is 364 g/mol. The maximum atomic E-state index is 2.28. The third-order valence-corrected chi connectivity index (χ3v) is 5.43. The van der Waals surface area contributed by atoms with Crippen molar-refractivity contribution in [3.05, 3.63) is 132 Å². The van der Waals surface area contributed by atoms with E-state index in [2.05, 4.69) is 121 Å². The van der Waals surface area contributed by atoms with Crippen LogP contribution in [0.3, 0.4) is 0 Å². The van der Waals surface area contributed by atoms with E-state index in [0.717, 1.165) is 0 Å². The van der Waals surface area contributed by atoms with E-state index in [-0.39, 0.29) is 0 Å². The van der Waals surface area contributed by atoms with Crippen LogP contribution in [0.25, 0.3) is 11.6 Å². The normalized spacial score (nSPS) is 11.3. The Bertz CT molecular complexity index is 1020. The molecule has 0 aliphatic heterocycles. The van der Waals surface area contributed by atoms with Crippen molar-refractivity contribution in [1.82, 2.24) is 0 Å². The fourth-order valence-electron chi connectivity index (χ4n) is 3.04. The van der Waals surface area contributed by atoms with Crippen molar-refractivity contribution < 1.29 is 0 Å². The van der Waals surface area contributed by atoms with Crippen LogP contribution in [0.4, 0.5) is 0 Å². The minimum Gasteiger partial charge on any atom is -0.0895 e. The highest BCUT2D eigenvalue weighted by Crippen LogP contribution is 2.36. The molecule has 0 nitrogen and oxygen atoms in total. The van der Waals surface area contributed by atoms with Crippen molar-refractivity contribution in [2.75, 3.05) is 0 Å². The van der Waals surface area contributed by atoms with Gasteiger partial charge < -0.3 is 0 Å². The zero-order valence-electron chi connectivity index (χ0n) is 15.0. The zero-order valence-corrected chi connectivity index (χ0v) is 15.8. The molecule has 0 heterocycles. The number of benzene rings is 4. The predicted octanol–water partition coefficient (Wildman–Crippen LogP) is 7.43. The summed E-state index contributed by atoms with van der Waals surface area (Å²) in [6.07, 6.45) is 2.28. The summed E-state index contributed by atoms with van der Waals surface area (Å²) in [5.41, 5.74) is 4.92. The minimum atomic E-state index is 1.20. The molecule has 0 spiro atoms. The van der Waals surface area contributed by atoms with Crippen molar-refractivity contribution in [2.45, 2.75) is 9.79 Å². The van der Waals surface area contributed by atoms with Crippen molar-refractivity contribution in [2.24, 2.45) is 0 Å². The van der Waals surface area contributed by atoms with E-state index < -0.39 is 0 Å². The van der Waals surface area contributed by atoms with Gasteiger partial charge in [-0.25, -0.2) is 0 Å². The van der Waals surface area contributed by atoms with Gasteiger partial charge in [0.2, 0.25) is 0 Å². The van der Waals surface area contributed by atoms with Crippen LogP contribution in [-0.4, -0.2) is 0 Å². The van der Waals surface area contributed by atoms with Gasteiger partial charge in [-0.1, -0.05) is 109 Å². The third kappa shape index (κ3) is 4.39. The van der Waals surface area contributed by atoms with E-state index in [1.54, 1.807) is 11.8 Å². The van der Waals surface area contributed by atoms with Crippen molar-refractivity contribution in [3.8, 4) is 0 Å². The number of rotatable bonds is 5. The maximum Gasteiger partial charge on any atom is 0.0201 e. The van der Waals surface area contributed by atoms with Gasteiger partial charge in [-0.15, -0.1) is 0 Å². The van der Waals surface area contributed by atoms with Crippen LogP contribution in [0, 0.1) is 0 Å². The molecule has 130 valence electrons. The molecule has 0 N–H and O–H groups in total. The maximum absolute atomic E-state index is 2.28. The van der Waals surface area contributed by atoms with Crippen LogP contribution < -0.4 is 0 Å². The Morgan fingerprint density at radius 3 is 1.81 bits per heavy atom. The predicted molar refractivity (Wildman–Crippen MR) is 117 cm³/mol. The molecule has 0 atom stereocenters. The first-order valence-electron chi connectivity index (χ1n) is 9.04. The van der Waals surface area contributed by atoms with E-state index in [0.29, 0.717) is 0 Å².